The second-order valence-electron chi connectivity index (χ2n) is 7.77. The standard InChI is InChI=1S/C20H27N3O5S/c1-22(17(14-20(24)25)15-23(2,3)4)29(26,27)21-16-10-12-19(13-11-16)28-18-8-6-5-7-9-18/h5-13,17,21H,14-15H2,1-4H3/t17-/m1/s1. The van der Waals surface area contributed by atoms with E-state index < -0.39 is 28.6 Å². The number of carboxylic acids is 1. The van der Waals surface area contributed by atoms with E-state index in [-0.39, 0.29) is 0 Å². The molecule has 0 aliphatic rings. The van der Waals surface area contributed by atoms with E-state index in [0.29, 0.717) is 28.2 Å². The van der Waals surface area contributed by atoms with Crippen molar-refractivity contribution in [1.29, 1.82) is 0 Å². The van der Waals surface area contributed by atoms with E-state index in [0.717, 1.165) is 4.31 Å². The lowest BCUT2D eigenvalue weighted by Gasteiger charge is -2.34. The molecule has 9 heteroatoms. The van der Waals surface area contributed by atoms with E-state index in [2.05, 4.69) is 4.72 Å². The number of benzene rings is 2. The Labute approximate surface area is 172 Å². The number of hydrogen-bond donors (Lipinski definition) is 1. The van der Waals surface area contributed by atoms with Gasteiger partial charge in [-0.1, -0.05) is 18.2 Å². The lowest BCUT2D eigenvalue weighted by molar-refractivity contribution is -0.872. The van der Waals surface area contributed by atoms with E-state index >= 15 is 0 Å². The molecular formula is C20H27N3O5S. The summed E-state index contributed by atoms with van der Waals surface area (Å²) in [6, 6.07) is 14.9. The van der Waals surface area contributed by atoms with Gasteiger partial charge in [0.1, 0.15) is 11.5 Å². The van der Waals surface area contributed by atoms with Gasteiger partial charge in [0.15, 0.2) is 0 Å². The summed E-state index contributed by atoms with van der Waals surface area (Å²) in [4.78, 5) is 11.1. The predicted molar refractivity (Wildman–Crippen MR) is 110 cm³/mol. The summed E-state index contributed by atoms with van der Waals surface area (Å²) >= 11 is 0. The summed E-state index contributed by atoms with van der Waals surface area (Å²) in [6.07, 6.45) is -0.392. The van der Waals surface area contributed by atoms with Crippen LogP contribution in [0.3, 0.4) is 0 Å². The van der Waals surface area contributed by atoms with Crippen LogP contribution in [0.1, 0.15) is 6.42 Å². The number of likely N-dealkylation sites (N-methyl/N-ethyl adjacent to an activating group) is 2. The number of quaternary nitrogens is 1. The Morgan fingerprint density at radius 1 is 1.07 bits per heavy atom. The Hall–Kier alpha value is -2.62. The maximum Gasteiger partial charge on any atom is 0.301 e. The third-order valence-electron chi connectivity index (χ3n) is 4.13. The first-order valence-electron chi connectivity index (χ1n) is 9.05. The van der Waals surface area contributed by atoms with Gasteiger partial charge in [0.05, 0.1) is 39.4 Å². The van der Waals surface area contributed by atoms with Crippen LogP contribution in [0.15, 0.2) is 54.6 Å². The summed E-state index contributed by atoms with van der Waals surface area (Å²) in [7, 11) is 2.99. The number of carbonyl (C=O) groups excluding carboxylic acids is 1. The van der Waals surface area contributed by atoms with Crippen LogP contribution in [0, 0.1) is 0 Å². The highest BCUT2D eigenvalue weighted by molar-refractivity contribution is 7.90. The number of anilines is 1. The number of nitrogens with zero attached hydrogens (tertiary/aromatic N) is 2. The van der Waals surface area contributed by atoms with Crippen molar-refractivity contribution in [2.45, 2.75) is 12.5 Å². The van der Waals surface area contributed by atoms with Crippen molar-refractivity contribution in [2.24, 2.45) is 0 Å². The van der Waals surface area contributed by atoms with Crippen molar-refractivity contribution < 1.29 is 27.5 Å². The Balaban J connectivity index is 2.10. The minimum Gasteiger partial charge on any atom is -0.550 e. The van der Waals surface area contributed by atoms with Gasteiger partial charge in [0.2, 0.25) is 0 Å². The second-order valence-corrected chi connectivity index (χ2v) is 9.50. The van der Waals surface area contributed by atoms with Crippen molar-refractivity contribution in [3.63, 3.8) is 0 Å². The predicted octanol–water partition coefficient (Wildman–Crippen LogP) is 1.28. The fourth-order valence-corrected chi connectivity index (χ4v) is 3.88. The summed E-state index contributed by atoms with van der Waals surface area (Å²) in [5.74, 6) is -0.0636. The molecule has 1 atom stereocenters. The highest BCUT2D eigenvalue weighted by atomic mass is 32.2. The average Bonchev–Trinajstić information content (AvgIpc) is 2.61. The molecule has 0 saturated carbocycles. The number of carbonyl (C=O) groups is 1. The van der Waals surface area contributed by atoms with Crippen LogP contribution >= 0.6 is 0 Å². The van der Waals surface area contributed by atoms with Crippen molar-refractivity contribution in [3.8, 4) is 11.5 Å². The van der Waals surface area contributed by atoms with E-state index in [1.54, 1.807) is 24.3 Å². The van der Waals surface area contributed by atoms with Crippen LogP contribution in [-0.2, 0) is 15.0 Å². The Morgan fingerprint density at radius 3 is 2.14 bits per heavy atom. The fourth-order valence-electron chi connectivity index (χ4n) is 2.77. The summed E-state index contributed by atoms with van der Waals surface area (Å²) in [5, 5.41) is 11.1. The third-order valence-corrected chi connectivity index (χ3v) is 5.68. The molecule has 8 nitrogen and oxygen atoms in total. The first kappa shape index (κ1) is 22.7. The summed E-state index contributed by atoms with van der Waals surface area (Å²) in [6.45, 7) is 0.315. The zero-order chi connectivity index (χ0) is 21.7. The van der Waals surface area contributed by atoms with Crippen LogP contribution in [0.5, 0.6) is 11.5 Å². The highest BCUT2D eigenvalue weighted by Crippen LogP contribution is 2.23. The van der Waals surface area contributed by atoms with Crippen LogP contribution < -0.4 is 14.6 Å². The van der Waals surface area contributed by atoms with E-state index in [4.69, 9.17) is 4.74 Å². The molecule has 0 saturated heterocycles. The van der Waals surface area contributed by atoms with Crippen LogP contribution in [0.4, 0.5) is 5.69 Å². The molecule has 0 fully saturated rings. The highest BCUT2D eigenvalue weighted by Gasteiger charge is 2.30. The Bertz CT molecular complexity index is 909. The number of rotatable bonds is 10. The number of hydrogen-bond acceptors (Lipinski definition) is 5. The second kappa shape index (κ2) is 9.25. The molecule has 1 N–H and O–H groups in total. The van der Waals surface area contributed by atoms with Crippen LogP contribution in [-0.4, -0.2) is 64.0 Å². The normalized spacial score (nSPS) is 13.1. The van der Waals surface area contributed by atoms with E-state index in [1.165, 1.54) is 7.05 Å². The molecule has 2 rings (SSSR count). The molecule has 0 aliphatic carbocycles. The molecular weight excluding hydrogens is 394 g/mol. The van der Waals surface area contributed by atoms with Crippen LogP contribution in [0.2, 0.25) is 0 Å². The quantitative estimate of drug-likeness (QED) is 0.583. The Kier molecular flexibility index (Phi) is 7.23. The molecule has 29 heavy (non-hydrogen) atoms. The van der Waals surface area contributed by atoms with E-state index in [9.17, 15) is 18.3 Å². The lowest BCUT2D eigenvalue weighted by Crippen LogP contribution is -2.52. The summed E-state index contributed by atoms with van der Waals surface area (Å²) in [5.41, 5.74) is 0.342. The van der Waals surface area contributed by atoms with Crippen molar-refractivity contribution >= 4 is 21.9 Å². The van der Waals surface area contributed by atoms with Gasteiger partial charge < -0.3 is 19.1 Å². The smallest absolute Gasteiger partial charge is 0.301 e. The number of carboxylic acid groups (broad SMARTS) is 1. The molecule has 2 aromatic carbocycles. The molecule has 0 spiro atoms. The first-order chi connectivity index (χ1) is 13.5. The molecule has 0 heterocycles. The zero-order valence-electron chi connectivity index (χ0n) is 17.0. The van der Waals surface area contributed by atoms with E-state index in [1.807, 2.05) is 51.5 Å². The van der Waals surface area contributed by atoms with Crippen molar-refractivity contribution in [3.05, 3.63) is 54.6 Å². The maximum atomic E-state index is 12.7. The van der Waals surface area contributed by atoms with Gasteiger partial charge in [-0.3, -0.25) is 4.72 Å². The number of aliphatic carboxylic acids is 1. The molecule has 2 aromatic rings. The molecule has 0 aliphatic heterocycles. The molecule has 158 valence electrons. The van der Waals surface area contributed by atoms with Gasteiger partial charge in [0.25, 0.3) is 0 Å². The van der Waals surface area contributed by atoms with Crippen molar-refractivity contribution in [1.82, 2.24) is 4.31 Å². The van der Waals surface area contributed by atoms with Gasteiger partial charge >= 0.3 is 10.2 Å². The van der Waals surface area contributed by atoms with Gasteiger partial charge in [-0.2, -0.15) is 12.7 Å². The molecule has 0 bridgehead atoms. The number of nitrogens with one attached hydrogen (secondary N) is 1. The number of para-hydroxylation sites is 1. The molecule has 0 unspecified atom stereocenters. The molecule has 0 amide bonds. The maximum absolute atomic E-state index is 12.7. The van der Waals surface area contributed by atoms with Gasteiger partial charge in [0, 0.05) is 19.4 Å². The monoisotopic (exact) mass is 421 g/mol. The van der Waals surface area contributed by atoms with Gasteiger partial charge in [-0.25, -0.2) is 0 Å². The zero-order valence-corrected chi connectivity index (χ0v) is 17.8. The van der Waals surface area contributed by atoms with Crippen molar-refractivity contribution in [2.75, 3.05) is 39.5 Å². The lowest BCUT2D eigenvalue weighted by atomic mass is 10.2. The van der Waals surface area contributed by atoms with Crippen LogP contribution in [0.25, 0.3) is 0 Å². The fraction of sp³-hybridized carbons (Fsp3) is 0.350. The van der Waals surface area contributed by atoms with Gasteiger partial charge in [-0.05, 0) is 36.4 Å². The molecule has 0 aromatic heterocycles. The minimum atomic E-state index is -3.96. The summed E-state index contributed by atoms with van der Waals surface area (Å²) < 4.78 is 35.1. The minimum absolute atomic E-state index is 0.315. The Morgan fingerprint density at radius 2 is 1.62 bits per heavy atom. The first-order valence-corrected chi connectivity index (χ1v) is 10.5. The van der Waals surface area contributed by atoms with Gasteiger partial charge in [-0.15, -0.1) is 0 Å². The average molecular weight is 422 g/mol. The SMILES string of the molecule is CN([C@H](CC(=O)[O-])C[N+](C)(C)C)S(=O)(=O)Nc1ccc(Oc2ccccc2)cc1. The third kappa shape index (κ3) is 7.37. The largest absolute Gasteiger partial charge is 0.550 e. The molecule has 0 radical (unpaired) electrons. The number of ether oxygens (including phenoxy) is 1. The topological polar surface area (TPSA) is 98.8 Å².